The molecule has 20 heavy (non-hydrogen) atoms. The maximum absolute atomic E-state index is 11.8. The molecule has 0 heterocycles. The van der Waals surface area contributed by atoms with Gasteiger partial charge in [-0.25, -0.2) is 4.79 Å². The van der Waals surface area contributed by atoms with Crippen LogP contribution in [-0.4, -0.2) is 63.5 Å². The van der Waals surface area contributed by atoms with Crippen molar-refractivity contribution in [1.29, 1.82) is 0 Å². The van der Waals surface area contributed by atoms with E-state index in [1.165, 1.54) is 11.8 Å². The predicted octanol–water partition coefficient (Wildman–Crippen LogP) is -0.410. The van der Waals surface area contributed by atoms with Gasteiger partial charge in [0, 0.05) is 0 Å². The average Bonchev–Trinajstić information content (AvgIpc) is 2.39. The number of hydrogen-bond acceptors (Lipinski definition) is 5. The molecule has 0 aromatic carbocycles. The van der Waals surface area contributed by atoms with E-state index in [9.17, 15) is 14.4 Å². The predicted molar refractivity (Wildman–Crippen MR) is 77.1 cm³/mol. The zero-order chi connectivity index (χ0) is 15.7. The number of thioether (sulfide) groups is 1. The molecule has 0 aromatic heterocycles. The van der Waals surface area contributed by atoms with Gasteiger partial charge in [0.05, 0.1) is 6.61 Å². The molecule has 0 aromatic rings. The number of amides is 2. The van der Waals surface area contributed by atoms with E-state index in [2.05, 4.69) is 10.6 Å². The van der Waals surface area contributed by atoms with E-state index in [1.54, 1.807) is 6.26 Å². The highest BCUT2D eigenvalue weighted by atomic mass is 35.5. The van der Waals surface area contributed by atoms with E-state index < -0.39 is 41.3 Å². The number of nitrogens with one attached hydrogen (secondary N) is 2. The summed E-state index contributed by atoms with van der Waals surface area (Å²) in [7, 11) is 0. The van der Waals surface area contributed by atoms with Crippen molar-refractivity contribution in [1.82, 2.24) is 10.6 Å². The Hall–Kier alpha value is -0.700. The summed E-state index contributed by atoms with van der Waals surface area (Å²) >= 11 is 12.0. The first-order valence-corrected chi connectivity index (χ1v) is 7.81. The van der Waals surface area contributed by atoms with Crippen LogP contribution in [0.5, 0.6) is 0 Å². The maximum atomic E-state index is 11.8. The Balaban J connectivity index is 4.58. The van der Waals surface area contributed by atoms with Gasteiger partial charge in [0.15, 0.2) is 4.84 Å². The number of carboxylic acid groups (broad SMARTS) is 1. The summed E-state index contributed by atoms with van der Waals surface area (Å²) in [6.45, 7) is -0.701. The van der Waals surface area contributed by atoms with Gasteiger partial charge < -0.3 is 20.8 Å². The number of carboxylic acids is 1. The summed E-state index contributed by atoms with van der Waals surface area (Å²) in [6, 6.07) is -2.40. The lowest BCUT2D eigenvalue weighted by atomic mass is 10.2. The molecule has 0 aliphatic carbocycles. The Bertz CT molecular complexity index is 357. The summed E-state index contributed by atoms with van der Waals surface area (Å²) < 4.78 is 0. The Morgan fingerprint density at radius 2 is 1.70 bits per heavy atom. The van der Waals surface area contributed by atoms with Gasteiger partial charge in [-0.3, -0.25) is 9.59 Å². The van der Waals surface area contributed by atoms with Crippen molar-refractivity contribution in [2.45, 2.75) is 23.3 Å². The quantitative estimate of drug-likeness (QED) is 0.422. The molecule has 0 spiro atoms. The fourth-order valence-electron chi connectivity index (χ4n) is 1.19. The lowest BCUT2D eigenvalue weighted by Crippen LogP contribution is -2.54. The van der Waals surface area contributed by atoms with E-state index in [1.807, 2.05) is 0 Å². The third kappa shape index (κ3) is 7.18. The van der Waals surface area contributed by atoms with Crippen molar-refractivity contribution in [3.8, 4) is 0 Å². The number of aliphatic hydroxyl groups excluding tert-OH is 1. The van der Waals surface area contributed by atoms with Gasteiger partial charge in [0.1, 0.15) is 12.1 Å². The number of alkyl halides is 2. The monoisotopic (exact) mass is 346 g/mol. The molecule has 0 aliphatic heterocycles. The van der Waals surface area contributed by atoms with Crippen LogP contribution in [-0.2, 0) is 14.4 Å². The van der Waals surface area contributed by atoms with E-state index in [4.69, 9.17) is 33.4 Å². The normalized spacial score (nSPS) is 13.7. The van der Waals surface area contributed by atoms with Gasteiger partial charge in [-0.05, 0) is 18.4 Å². The SMILES string of the molecule is CSCC[C@H](NC(=O)[C@H](CO)NC(=O)C(Cl)Cl)C(=O)O. The topological polar surface area (TPSA) is 116 Å². The van der Waals surface area contributed by atoms with Crippen LogP contribution in [0.3, 0.4) is 0 Å². The van der Waals surface area contributed by atoms with Crippen LogP contribution in [0, 0.1) is 0 Å². The van der Waals surface area contributed by atoms with Crippen LogP contribution in [0.25, 0.3) is 0 Å². The first-order chi connectivity index (χ1) is 9.33. The molecule has 0 bridgehead atoms. The van der Waals surface area contributed by atoms with Gasteiger partial charge in [-0.15, -0.1) is 0 Å². The van der Waals surface area contributed by atoms with Gasteiger partial charge in [0.2, 0.25) is 5.91 Å². The Morgan fingerprint density at radius 3 is 2.10 bits per heavy atom. The highest BCUT2D eigenvalue weighted by Gasteiger charge is 2.27. The van der Waals surface area contributed by atoms with Crippen LogP contribution in [0.2, 0.25) is 0 Å². The van der Waals surface area contributed by atoms with Gasteiger partial charge in [-0.2, -0.15) is 11.8 Å². The highest BCUT2D eigenvalue weighted by molar-refractivity contribution is 7.98. The molecular weight excluding hydrogens is 331 g/mol. The minimum absolute atomic E-state index is 0.224. The number of rotatable bonds is 9. The molecule has 0 radical (unpaired) electrons. The van der Waals surface area contributed by atoms with E-state index in [0.29, 0.717) is 5.75 Å². The van der Waals surface area contributed by atoms with Crippen molar-refractivity contribution >= 4 is 52.7 Å². The second-order valence-electron chi connectivity index (χ2n) is 3.73. The maximum Gasteiger partial charge on any atom is 0.326 e. The third-order valence-corrected chi connectivity index (χ3v) is 3.28. The number of aliphatic carboxylic acids is 1. The molecule has 0 unspecified atom stereocenters. The van der Waals surface area contributed by atoms with E-state index in [-0.39, 0.29) is 6.42 Å². The lowest BCUT2D eigenvalue weighted by Gasteiger charge is -2.20. The van der Waals surface area contributed by atoms with Gasteiger partial charge in [-0.1, -0.05) is 23.2 Å². The Labute approximate surface area is 130 Å². The summed E-state index contributed by atoms with van der Waals surface area (Å²) in [5.41, 5.74) is 0. The largest absolute Gasteiger partial charge is 0.480 e. The fourth-order valence-corrected chi connectivity index (χ4v) is 1.79. The molecule has 4 N–H and O–H groups in total. The highest BCUT2D eigenvalue weighted by Crippen LogP contribution is 2.03. The molecular formula is C10H16Cl2N2O5S. The van der Waals surface area contributed by atoms with Crippen LogP contribution >= 0.6 is 35.0 Å². The zero-order valence-electron chi connectivity index (χ0n) is 10.6. The van der Waals surface area contributed by atoms with Crippen LogP contribution in [0.4, 0.5) is 0 Å². The van der Waals surface area contributed by atoms with Crippen molar-refractivity contribution in [3.63, 3.8) is 0 Å². The zero-order valence-corrected chi connectivity index (χ0v) is 13.0. The molecule has 10 heteroatoms. The third-order valence-electron chi connectivity index (χ3n) is 2.24. The molecule has 2 amide bonds. The number of carbonyl (C=O) groups is 3. The molecule has 0 saturated heterocycles. The molecule has 0 saturated carbocycles. The number of carbonyl (C=O) groups excluding carboxylic acids is 2. The van der Waals surface area contributed by atoms with E-state index in [0.717, 1.165) is 0 Å². The molecule has 0 rings (SSSR count). The molecule has 0 aliphatic rings. The Kier molecular flexibility index (Phi) is 9.74. The first-order valence-electron chi connectivity index (χ1n) is 5.55. The minimum Gasteiger partial charge on any atom is -0.480 e. The summed E-state index contributed by atoms with van der Waals surface area (Å²) in [6.07, 6.45) is 2.03. The Morgan fingerprint density at radius 1 is 1.15 bits per heavy atom. The smallest absolute Gasteiger partial charge is 0.326 e. The average molecular weight is 347 g/mol. The standard InChI is InChI=1S/C10H16Cl2N2O5S/c1-20-3-2-5(10(18)19)13-8(16)6(4-15)14-9(17)7(11)12/h5-7,15H,2-4H2,1H3,(H,13,16)(H,14,17)(H,18,19)/t5-,6-/m0/s1. The number of halogens is 2. The van der Waals surface area contributed by atoms with E-state index >= 15 is 0 Å². The van der Waals surface area contributed by atoms with Crippen LogP contribution < -0.4 is 10.6 Å². The number of hydrogen-bond donors (Lipinski definition) is 4. The summed E-state index contributed by atoms with van der Waals surface area (Å²) in [5, 5.41) is 22.3. The molecule has 0 fully saturated rings. The summed E-state index contributed by atoms with van der Waals surface area (Å²) in [4.78, 5) is 32.6. The molecule has 2 atom stereocenters. The van der Waals surface area contributed by atoms with Crippen molar-refractivity contribution in [3.05, 3.63) is 0 Å². The second-order valence-corrected chi connectivity index (χ2v) is 5.81. The first kappa shape index (κ1) is 19.3. The van der Waals surface area contributed by atoms with Crippen molar-refractivity contribution in [2.24, 2.45) is 0 Å². The minimum atomic E-state index is -1.39. The summed E-state index contributed by atoms with van der Waals surface area (Å²) in [5.74, 6) is -2.32. The van der Waals surface area contributed by atoms with Crippen molar-refractivity contribution < 1.29 is 24.6 Å². The van der Waals surface area contributed by atoms with Gasteiger partial charge in [0.25, 0.3) is 5.91 Å². The molecule has 7 nitrogen and oxygen atoms in total. The fraction of sp³-hybridized carbons (Fsp3) is 0.700. The van der Waals surface area contributed by atoms with Crippen molar-refractivity contribution in [2.75, 3.05) is 18.6 Å². The molecule has 116 valence electrons. The second kappa shape index (κ2) is 10.1. The van der Waals surface area contributed by atoms with Crippen LogP contribution in [0.15, 0.2) is 0 Å². The van der Waals surface area contributed by atoms with Gasteiger partial charge >= 0.3 is 5.97 Å². The number of aliphatic hydroxyl groups is 1. The van der Waals surface area contributed by atoms with Crippen LogP contribution in [0.1, 0.15) is 6.42 Å². The lowest BCUT2D eigenvalue weighted by molar-refractivity contribution is -0.142.